The lowest BCUT2D eigenvalue weighted by Gasteiger charge is -2.15. The van der Waals surface area contributed by atoms with Gasteiger partial charge < -0.3 is 15.5 Å². The Balaban J connectivity index is 1.55. The third-order valence-electron chi connectivity index (χ3n) is 4.56. The molecule has 1 saturated heterocycles. The van der Waals surface area contributed by atoms with Crippen LogP contribution in [-0.2, 0) is 4.79 Å². The number of carbonyl (C=O) groups is 3. The molecule has 0 aliphatic carbocycles. The quantitative estimate of drug-likeness (QED) is 0.749. The van der Waals surface area contributed by atoms with E-state index in [9.17, 15) is 14.4 Å². The van der Waals surface area contributed by atoms with Crippen molar-refractivity contribution in [2.24, 2.45) is 0 Å². The second kappa shape index (κ2) is 9.21. The second-order valence-corrected chi connectivity index (χ2v) is 8.11. The molecule has 1 aliphatic rings. The third-order valence-corrected chi connectivity index (χ3v) is 6.04. The monoisotopic (exact) mass is 419 g/mol. The molecule has 0 atom stereocenters. The molecule has 6 nitrogen and oxygen atoms in total. The first-order valence-electron chi connectivity index (χ1n) is 9.18. The molecule has 2 N–H and O–H groups in total. The lowest BCUT2D eigenvalue weighted by atomic mass is 10.2. The number of halogens is 1. The van der Waals surface area contributed by atoms with Gasteiger partial charge in [0.05, 0.1) is 20.5 Å². The fraction of sp³-hybridized carbons (Fsp3) is 0.350. The zero-order valence-electron chi connectivity index (χ0n) is 15.6. The molecule has 0 spiro atoms. The summed E-state index contributed by atoms with van der Waals surface area (Å²) in [6, 6.07) is 8.54. The maximum Gasteiger partial charge on any atom is 0.261 e. The predicted octanol–water partition coefficient (Wildman–Crippen LogP) is 3.70. The Morgan fingerprint density at radius 2 is 1.86 bits per heavy atom. The maximum absolute atomic E-state index is 12.4. The van der Waals surface area contributed by atoms with E-state index in [1.807, 2.05) is 11.8 Å². The summed E-state index contributed by atoms with van der Waals surface area (Å²) in [5.41, 5.74) is 1.14. The van der Waals surface area contributed by atoms with Gasteiger partial charge in [0, 0.05) is 26.1 Å². The van der Waals surface area contributed by atoms with Crippen molar-refractivity contribution >= 4 is 45.7 Å². The van der Waals surface area contributed by atoms with Gasteiger partial charge in [0.25, 0.3) is 11.8 Å². The van der Waals surface area contributed by atoms with Crippen LogP contribution in [0.4, 0.5) is 5.00 Å². The Kier molecular flexibility index (Phi) is 6.70. The molecule has 1 aromatic carbocycles. The Hall–Kier alpha value is -2.38. The molecule has 0 radical (unpaired) electrons. The van der Waals surface area contributed by atoms with Crippen LogP contribution in [0.1, 0.15) is 44.9 Å². The number of amides is 3. The van der Waals surface area contributed by atoms with E-state index in [0.717, 1.165) is 31.5 Å². The summed E-state index contributed by atoms with van der Waals surface area (Å²) in [5, 5.41) is 6.51. The topological polar surface area (TPSA) is 78.5 Å². The molecule has 8 heteroatoms. The van der Waals surface area contributed by atoms with Crippen LogP contribution < -0.4 is 10.6 Å². The molecule has 28 heavy (non-hydrogen) atoms. The molecule has 1 aliphatic heterocycles. The predicted molar refractivity (Wildman–Crippen MR) is 111 cm³/mol. The van der Waals surface area contributed by atoms with Crippen LogP contribution in [-0.4, -0.2) is 42.3 Å². The molecule has 2 aromatic rings. The van der Waals surface area contributed by atoms with Crippen LogP contribution in [0.2, 0.25) is 5.02 Å². The molecule has 1 fully saturated rings. The molecule has 3 amide bonds. The number of thiophene rings is 1. The highest BCUT2D eigenvalue weighted by Gasteiger charge is 2.19. The van der Waals surface area contributed by atoms with Crippen molar-refractivity contribution in [2.45, 2.75) is 26.2 Å². The zero-order chi connectivity index (χ0) is 20.1. The van der Waals surface area contributed by atoms with E-state index in [0.29, 0.717) is 33.4 Å². The lowest BCUT2D eigenvalue weighted by Crippen LogP contribution is -2.32. The number of hydrogen-bond acceptors (Lipinski definition) is 4. The van der Waals surface area contributed by atoms with Gasteiger partial charge >= 0.3 is 0 Å². The molecule has 0 saturated carbocycles. The highest BCUT2D eigenvalue weighted by atomic mass is 35.5. The van der Waals surface area contributed by atoms with Crippen molar-refractivity contribution in [1.82, 2.24) is 10.2 Å². The SMILES string of the molecule is Cc1cc(NC(=O)c2ccccc2Cl)sc1C(=O)NCCC(=O)N1CCCC1. The summed E-state index contributed by atoms with van der Waals surface area (Å²) in [5.74, 6) is -0.488. The number of benzene rings is 1. The fourth-order valence-corrected chi connectivity index (χ4v) is 4.29. The van der Waals surface area contributed by atoms with E-state index in [-0.39, 0.29) is 17.7 Å². The van der Waals surface area contributed by atoms with Crippen molar-refractivity contribution in [1.29, 1.82) is 0 Å². The Morgan fingerprint density at radius 3 is 2.57 bits per heavy atom. The van der Waals surface area contributed by atoms with Gasteiger partial charge in [-0.05, 0) is 43.5 Å². The van der Waals surface area contributed by atoms with E-state index in [2.05, 4.69) is 10.6 Å². The standard InChI is InChI=1S/C20H22ClN3O3S/c1-13-12-16(23-19(26)14-6-2-3-7-15(14)21)28-18(13)20(27)22-9-8-17(25)24-10-4-5-11-24/h2-3,6-7,12H,4-5,8-11H2,1H3,(H,22,27)(H,23,26). The van der Waals surface area contributed by atoms with Gasteiger partial charge in [0.1, 0.15) is 0 Å². The number of hydrogen-bond donors (Lipinski definition) is 2. The molecule has 1 aromatic heterocycles. The highest BCUT2D eigenvalue weighted by molar-refractivity contribution is 7.18. The summed E-state index contributed by atoms with van der Waals surface area (Å²) in [6.07, 6.45) is 2.40. The second-order valence-electron chi connectivity index (χ2n) is 6.65. The van der Waals surface area contributed by atoms with E-state index in [1.54, 1.807) is 30.3 Å². The van der Waals surface area contributed by atoms with Crippen LogP contribution in [0.3, 0.4) is 0 Å². The minimum Gasteiger partial charge on any atom is -0.351 e. The molecule has 3 rings (SSSR count). The number of anilines is 1. The van der Waals surface area contributed by atoms with Gasteiger partial charge in [-0.15, -0.1) is 11.3 Å². The normalized spacial score (nSPS) is 13.4. The molecule has 2 heterocycles. The molecular weight excluding hydrogens is 398 g/mol. The molecule has 148 valence electrons. The summed E-state index contributed by atoms with van der Waals surface area (Å²) in [7, 11) is 0. The first-order valence-corrected chi connectivity index (χ1v) is 10.4. The van der Waals surface area contributed by atoms with Gasteiger partial charge in [-0.1, -0.05) is 23.7 Å². The van der Waals surface area contributed by atoms with E-state index in [1.165, 1.54) is 11.3 Å². The van der Waals surface area contributed by atoms with Gasteiger partial charge in [-0.3, -0.25) is 14.4 Å². The minimum atomic E-state index is -0.324. The highest BCUT2D eigenvalue weighted by Crippen LogP contribution is 2.27. The molecular formula is C20H22ClN3O3S. The van der Waals surface area contributed by atoms with Crippen LogP contribution in [0.25, 0.3) is 0 Å². The van der Waals surface area contributed by atoms with Crippen LogP contribution in [0.15, 0.2) is 30.3 Å². The van der Waals surface area contributed by atoms with Crippen molar-refractivity contribution in [2.75, 3.05) is 25.0 Å². The lowest BCUT2D eigenvalue weighted by molar-refractivity contribution is -0.129. The zero-order valence-corrected chi connectivity index (χ0v) is 17.2. The Labute approximate surface area is 172 Å². The first-order chi connectivity index (χ1) is 13.5. The van der Waals surface area contributed by atoms with Crippen LogP contribution in [0.5, 0.6) is 0 Å². The molecule has 0 bridgehead atoms. The summed E-state index contributed by atoms with van der Waals surface area (Å²) in [6.45, 7) is 3.73. The van der Waals surface area contributed by atoms with Crippen molar-refractivity contribution in [3.8, 4) is 0 Å². The smallest absolute Gasteiger partial charge is 0.261 e. The average Bonchev–Trinajstić information content (AvgIpc) is 3.32. The minimum absolute atomic E-state index is 0.0772. The maximum atomic E-state index is 12.4. The number of rotatable bonds is 6. The number of carbonyl (C=O) groups excluding carboxylic acids is 3. The van der Waals surface area contributed by atoms with E-state index >= 15 is 0 Å². The van der Waals surface area contributed by atoms with E-state index < -0.39 is 0 Å². The number of nitrogens with one attached hydrogen (secondary N) is 2. The van der Waals surface area contributed by atoms with Crippen LogP contribution >= 0.6 is 22.9 Å². The largest absolute Gasteiger partial charge is 0.351 e. The Morgan fingerprint density at radius 1 is 1.14 bits per heavy atom. The Bertz CT molecular complexity index is 891. The van der Waals surface area contributed by atoms with Crippen molar-refractivity contribution in [3.05, 3.63) is 51.4 Å². The summed E-state index contributed by atoms with van der Waals surface area (Å²) in [4.78, 5) is 39.2. The number of nitrogens with zero attached hydrogens (tertiary/aromatic N) is 1. The summed E-state index contributed by atoms with van der Waals surface area (Å²) >= 11 is 7.25. The van der Waals surface area contributed by atoms with Crippen LogP contribution in [0, 0.1) is 6.92 Å². The third kappa shape index (κ3) is 4.91. The van der Waals surface area contributed by atoms with Gasteiger partial charge in [-0.25, -0.2) is 0 Å². The van der Waals surface area contributed by atoms with Gasteiger partial charge in [0.15, 0.2) is 0 Å². The average molecular weight is 420 g/mol. The summed E-state index contributed by atoms with van der Waals surface area (Å²) < 4.78 is 0. The van der Waals surface area contributed by atoms with Crippen molar-refractivity contribution < 1.29 is 14.4 Å². The van der Waals surface area contributed by atoms with Gasteiger partial charge in [-0.2, -0.15) is 0 Å². The van der Waals surface area contributed by atoms with Crippen molar-refractivity contribution in [3.63, 3.8) is 0 Å². The van der Waals surface area contributed by atoms with E-state index in [4.69, 9.17) is 11.6 Å². The van der Waals surface area contributed by atoms with Gasteiger partial charge in [0.2, 0.25) is 5.91 Å². The first kappa shape index (κ1) is 20.4. The number of likely N-dealkylation sites (tertiary alicyclic amines) is 1. The number of aryl methyl sites for hydroxylation is 1. The molecule has 0 unspecified atom stereocenters. The fourth-order valence-electron chi connectivity index (χ4n) is 3.08.